The van der Waals surface area contributed by atoms with Crippen molar-refractivity contribution in [2.75, 3.05) is 12.3 Å². The van der Waals surface area contributed by atoms with Gasteiger partial charge in [0.05, 0.1) is 0 Å². The van der Waals surface area contributed by atoms with Gasteiger partial charge in [0.25, 0.3) is 0 Å². The molecule has 0 radical (unpaired) electrons. The minimum atomic E-state index is 0.255. The van der Waals surface area contributed by atoms with Crippen LogP contribution in [0, 0.1) is 5.92 Å². The topological polar surface area (TPSA) is 0 Å². The van der Waals surface area contributed by atoms with E-state index in [1.54, 1.807) is 0 Å². The molecule has 1 atom stereocenters. The molecular formula is C16H31P. The van der Waals surface area contributed by atoms with Crippen LogP contribution in [-0.4, -0.2) is 12.3 Å². The summed E-state index contributed by atoms with van der Waals surface area (Å²) in [7, 11) is 0.255. The van der Waals surface area contributed by atoms with E-state index >= 15 is 0 Å². The first kappa shape index (κ1) is 15.2. The molecule has 0 aromatic heterocycles. The van der Waals surface area contributed by atoms with Crippen LogP contribution in [0.1, 0.15) is 72.6 Å². The summed E-state index contributed by atoms with van der Waals surface area (Å²) in [6.07, 6.45) is 12.8. The van der Waals surface area contributed by atoms with Crippen LogP contribution >= 0.6 is 7.92 Å². The molecule has 1 rings (SSSR count). The minimum absolute atomic E-state index is 0.255. The molecule has 1 aliphatic carbocycles. The quantitative estimate of drug-likeness (QED) is 0.432. The zero-order valence-corrected chi connectivity index (χ0v) is 13.3. The highest BCUT2D eigenvalue weighted by atomic mass is 31.1. The maximum atomic E-state index is 2.43. The van der Waals surface area contributed by atoms with Crippen LogP contribution in [0.4, 0.5) is 0 Å². The molecule has 0 aromatic rings. The molecule has 17 heavy (non-hydrogen) atoms. The first-order valence-electron chi connectivity index (χ1n) is 7.71. The van der Waals surface area contributed by atoms with Crippen LogP contribution < -0.4 is 0 Å². The normalized spacial score (nSPS) is 19.9. The maximum absolute atomic E-state index is 2.43. The van der Waals surface area contributed by atoms with Crippen molar-refractivity contribution in [2.45, 2.75) is 72.6 Å². The highest BCUT2D eigenvalue weighted by molar-refractivity contribution is 7.62. The van der Waals surface area contributed by atoms with E-state index in [9.17, 15) is 0 Å². The van der Waals surface area contributed by atoms with Gasteiger partial charge in [-0.05, 0) is 49.2 Å². The second-order valence-corrected chi connectivity index (χ2v) is 8.04. The summed E-state index contributed by atoms with van der Waals surface area (Å²) in [6.45, 7) is 9.42. The molecule has 0 heterocycles. The molecule has 0 amide bonds. The largest absolute Gasteiger partial charge is 0.0798 e. The van der Waals surface area contributed by atoms with Crippen molar-refractivity contribution in [3.63, 3.8) is 0 Å². The molecule has 1 aliphatic rings. The average molecular weight is 254 g/mol. The number of hydrogen-bond donors (Lipinski definition) is 0. The van der Waals surface area contributed by atoms with Crippen molar-refractivity contribution in [1.29, 1.82) is 0 Å². The van der Waals surface area contributed by atoms with Gasteiger partial charge in [0.1, 0.15) is 0 Å². The Labute approximate surface area is 110 Å². The molecule has 1 heteroatoms. The molecule has 100 valence electrons. The smallest absolute Gasteiger partial charge is 0.0185 e. The average Bonchev–Trinajstić information content (AvgIpc) is 2.34. The molecule has 1 unspecified atom stereocenters. The van der Waals surface area contributed by atoms with Crippen LogP contribution in [0.15, 0.2) is 10.9 Å². The second-order valence-electron chi connectivity index (χ2n) is 5.52. The van der Waals surface area contributed by atoms with Crippen molar-refractivity contribution in [1.82, 2.24) is 0 Å². The van der Waals surface area contributed by atoms with Gasteiger partial charge in [0.2, 0.25) is 0 Å². The van der Waals surface area contributed by atoms with E-state index in [4.69, 9.17) is 0 Å². The van der Waals surface area contributed by atoms with Crippen LogP contribution in [0.2, 0.25) is 0 Å². The highest BCUT2D eigenvalue weighted by Gasteiger charge is 2.29. The van der Waals surface area contributed by atoms with Crippen molar-refractivity contribution in [3.05, 3.63) is 10.9 Å². The van der Waals surface area contributed by atoms with Gasteiger partial charge in [0, 0.05) is 0 Å². The lowest BCUT2D eigenvalue weighted by molar-refractivity contribution is 0.569. The van der Waals surface area contributed by atoms with Gasteiger partial charge < -0.3 is 0 Å². The molecule has 0 bridgehead atoms. The van der Waals surface area contributed by atoms with E-state index in [0.717, 1.165) is 5.92 Å². The number of rotatable bonds is 9. The molecule has 0 saturated carbocycles. The van der Waals surface area contributed by atoms with Gasteiger partial charge >= 0.3 is 0 Å². The number of hydrogen-bond acceptors (Lipinski definition) is 0. The molecule has 0 spiro atoms. The Morgan fingerprint density at radius 1 is 1.00 bits per heavy atom. The van der Waals surface area contributed by atoms with E-state index < -0.39 is 0 Å². The Morgan fingerprint density at radius 3 is 2.00 bits per heavy atom. The van der Waals surface area contributed by atoms with Crippen LogP contribution in [0.5, 0.6) is 0 Å². The van der Waals surface area contributed by atoms with E-state index in [1.165, 1.54) is 57.3 Å². The monoisotopic (exact) mass is 254 g/mol. The second kappa shape index (κ2) is 8.30. The molecule has 0 N–H and O–H groups in total. The number of unbranched alkanes of at least 4 members (excludes halogenated alkanes) is 2. The summed E-state index contributed by atoms with van der Waals surface area (Å²) in [4.78, 5) is 0. The zero-order chi connectivity index (χ0) is 12.7. The Bertz CT molecular complexity index is 234. The molecule has 0 fully saturated rings. The summed E-state index contributed by atoms with van der Waals surface area (Å²) in [5.41, 5.74) is 1.87. The first-order valence-corrected chi connectivity index (χ1v) is 9.42. The standard InChI is InChI=1S/C16H31P/c1-5-8-11-17(12-9-6-2)16-13-14(4)15(16)10-7-3/h14H,5-13H2,1-4H3. The third-order valence-corrected chi connectivity index (χ3v) is 6.87. The van der Waals surface area contributed by atoms with Crippen LogP contribution in [-0.2, 0) is 0 Å². The van der Waals surface area contributed by atoms with Gasteiger partial charge in [0.15, 0.2) is 0 Å². The third-order valence-electron chi connectivity index (χ3n) is 3.93. The Balaban J connectivity index is 2.61. The summed E-state index contributed by atoms with van der Waals surface area (Å²) in [5.74, 6) is 0.915. The summed E-state index contributed by atoms with van der Waals surface area (Å²) >= 11 is 0. The van der Waals surface area contributed by atoms with E-state index in [-0.39, 0.29) is 7.92 Å². The molecule has 0 aliphatic heterocycles. The van der Waals surface area contributed by atoms with Crippen molar-refractivity contribution in [3.8, 4) is 0 Å². The maximum Gasteiger partial charge on any atom is -0.0185 e. The van der Waals surface area contributed by atoms with Gasteiger partial charge in [-0.1, -0.05) is 60.5 Å². The van der Waals surface area contributed by atoms with E-state index in [1.807, 2.05) is 10.9 Å². The Kier molecular flexibility index (Phi) is 7.44. The zero-order valence-electron chi connectivity index (χ0n) is 12.4. The fraction of sp³-hybridized carbons (Fsp3) is 0.875. The summed E-state index contributed by atoms with van der Waals surface area (Å²) in [6, 6.07) is 0. The minimum Gasteiger partial charge on any atom is -0.0798 e. The van der Waals surface area contributed by atoms with Crippen LogP contribution in [0.3, 0.4) is 0 Å². The molecular weight excluding hydrogens is 223 g/mol. The third kappa shape index (κ3) is 4.40. The van der Waals surface area contributed by atoms with Crippen LogP contribution in [0.25, 0.3) is 0 Å². The Hall–Kier alpha value is 0.170. The number of allylic oxidation sites excluding steroid dienone is 2. The first-order chi connectivity index (χ1) is 8.24. The van der Waals surface area contributed by atoms with Crippen molar-refractivity contribution >= 4 is 7.92 Å². The highest BCUT2D eigenvalue weighted by Crippen LogP contribution is 2.57. The lowest BCUT2D eigenvalue weighted by Crippen LogP contribution is -2.16. The lowest BCUT2D eigenvalue weighted by Gasteiger charge is -2.37. The summed E-state index contributed by atoms with van der Waals surface area (Å²) in [5, 5.41) is 1.94. The van der Waals surface area contributed by atoms with Crippen molar-refractivity contribution in [2.24, 2.45) is 5.92 Å². The molecule has 0 aromatic carbocycles. The van der Waals surface area contributed by atoms with E-state index in [0.29, 0.717) is 0 Å². The van der Waals surface area contributed by atoms with Crippen molar-refractivity contribution < 1.29 is 0 Å². The van der Waals surface area contributed by atoms with Gasteiger partial charge in [-0.25, -0.2) is 0 Å². The summed E-state index contributed by atoms with van der Waals surface area (Å²) < 4.78 is 0. The predicted octanol–water partition coefficient (Wildman–Crippen LogP) is 6.16. The van der Waals surface area contributed by atoms with Gasteiger partial charge in [-0.3, -0.25) is 0 Å². The molecule has 0 nitrogen and oxygen atoms in total. The molecule has 0 saturated heterocycles. The van der Waals surface area contributed by atoms with E-state index in [2.05, 4.69) is 27.7 Å². The fourth-order valence-corrected chi connectivity index (χ4v) is 6.20. The van der Waals surface area contributed by atoms with Gasteiger partial charge in [-0.2, -0.15) is 0 Å². The lowest BCUT2D eigenvalue weighted by atomic mass is 9.83. The Morgan fingerprint density at radius 2 is 1.59 bits per heavy atom. The fourth-order valence-electron chi connectivity index (χ4n) is 2.77. The SMILES string of the molecule is CCCCP(CCCC)C1=C(CCC)C(C)C1. The van der Waals surface area contributed by atoms with Gasteiger partial charge in [-0.15, -0.1) is 0 Å². The predicted molar refractivity (Wildman–Crippen MR) is 82.2 cm³/mol.